The van der Waals surface area contributed by atoms with Crippen molar-refractivity contribution in [1.82, 2.24) is 9.80 Å². The van der Waals surface area contributed by atoms with Gasteiger partial charge < -0.3 is 14.7 Å². The zero-order valence-electron chi connectivity index (χ0n) is 14.2. The normalized spacial score (nSPS) is 16.3. The van der Waals surface area contributed by atoms with Crippen molar-refractivity contribution in [3.8, 4) is 5.75 Å². The molecule has 0 saturated carbocycles. The highest BCUT2D eigenvalue weighted by Crippen LogP contribution is 2.17. The lowest BCUT2D eigenvalue weighted by atomic mass is 10.1. The van der Waals surface area contributed by atoms with Gasteiger partial charge in [-0.25, -0.2) is 0 Å². The van der Waals surface area contributed by atoms with Crippen LogP contribution >= 0.6 is 0 Å². The molecule has 0 radical (unpaired) electrons. The van der Waals surface area contributed by atoms with E-state index >= 15 is 0 Å². The SMILES string of the molecule is CCOc1cccc(CN(CCO)C(=O)[C@H](C)N2CCCC2)c1. The van der Waals surface area contributed by atoms with Gasteiger partial charge in [0.1, 0.15) is 5.75 Å². The van der Waals surface area contributed by atoms with Gasteiger partial charge in [0.05, 0.1) is 19.3 Å². The lowest BCUT2D eigenvalue weighted by Crippen LogP contribution is -2.46. The van der Waals surface area contributed by atoms with Crippen molar-refractivity contribution in [3.63, 3.8) is 0 Å². The number of aliphatic hydroxyl groups is 1. The Balaban J connectivity index is 2.05. The molecule has 128 valence electrons. The van der Waals surface area contributed by atoms with Gasteiger partial charge in [0.2, 0.25) is 5.91 Å². The van der Waals surface area contributed by atoms with Crippen LogP contribution in [0.2, 0.25) is 0 Å². The highest BCUT2D eigenvalue weighted by atomic mass is 16.5. The Morgan fingerprint density at radius 3 is 2.78 bits per heavy atom. The van der Waals surface area contributed by atoms with E-state index in [0.717, 1.165) is 37.2 Å². The van der Waals surface area contributed by atoms with Gasteiger partial charge in [-0.15, -0.1) is 0 Å². The lowest BCUT2D eigenvalue weighted by molar-refractivity contribution is -0.137. The van der Waals surface area contributed by atoms with Crippen LogP contribution in [0.3, 0.4) is 0 Å². The van der Waals surface area contributed by atoms with Crippen molar-refractivity contribution in [2.24, 2.45) is 0 Å². The molecule has 23 heavy (non-hydrogen) atoms. The second-order valence-electron chi connectivity index (χ2n) is 5.98. The number of ether oxygens (including phenoxy) is 1. The largest absolute Gasteiger partial charge is 0.494 e. The maximum absolute atomic E-state index is 12.8. The monoisotopic (exact) mass is 320 g/mol. The van der Waals surface area contributed by atoms with Gasteiger partial charge in [-0.1, -0.05) is 12.1 Å². The molecule has 0 aromatic heterocycles. The maximum Gasteiger partial charge on any atom is 0.240 e. The van der Waals surface area contributed by atoms with Crippen molar-refractivity contribution in [2.45, 2.75) is 39.3 Å². The van der Waals surface area contributed by atoms with Crippen molar-refractivity contribution in [1.29, 1.82) is 0 Å². The fourth-order valence-electron chi connectivity index (χ4n) is 3.06. The smallest absolute Gasteiger partial charge is 0.240 e. The number of hydrogen-bond donors (Lipinski definition) is 1. The number of likely N-dealkylation sites (tertiary alicyclic amines) is 1. The third-order valence-electron chi connectivity index (χ3n) is 4.31. The first-order valence-electron chi connectivity index (χ1n) is 8.51. The standard InChI is InChI=1S/C18H28N2O3/c1-3-23-17-8-6-7-16(13-17)14-20(11-12-21)18(22)15(2)19-9-4-5-10-19/h6-8,13,15,21H,3-5,9-12,14H2,1-2H3/t15-/m0/s1. The molecule has 1 saturated heterocycles. The van der Waals surface area contributed by atoms with Gasteiger partial charge in [-0.3, -0.25) is 9.69 Å². The van der Waals surface area contributed by atoms with Gasteiger partial charge in [0, 0.05) is 13.1 Å². The molecular weight excluding hydrogens is 292 g/mol. The fourth-order valence-corrected chi connectivity index (χ4v) is 3.06. The summed E-state index contributed by atoms with van der Waals surface area (Å²) in [5.41, 5.74) is 1.02. The van der Waals surface area contributed by atoms with Crippen molar-refractivity contribution < 1.29 is 14.6 Å². The molecule has 1 fully saturated rings. The maximum atomic E-state index is 12.8. The Morgan fingerprint density at radius 1 is 1.39 bits per heavy atom. The molecule has 0 spiro atoms. The van der Waals surface area contributed by atoms with E-state index < -0.39 is 0 Å². The molecule has 1 aliphatic rings. The molecule has 1 amide bonds. The molecule has 2 rings (SSSR count). The number of carbonyl (C=O) groups excluding carboxylic acids is 1. The second-order valence-corrected chi connectivity index (χ2v) is 5.98. The minimum absolute atomic E-state index is 0.0242. The predicted octanol–water partition coefficient (Wildman–Crippen LogP) is 1.89. The Hall–Kier alpha value is -1.59. The Labute approximate surface area is 138 Å². The summed E-state index contributed by atoms with van der Waals surface area (Å²) in [7, 11) is 0. The summed E-state index contributed by atoms with van der Waals surface area (Å²) < 4.78 is 5.52. The van der Waals surface area contributed by atoms with Gasteiger partial charge in [-0.05, 0) is 57.5 Å². The van der Waals surface area contributed by atoms with Crippen LogP contribution < -0.4 is 4.74 Å². The Morgan fingerprint density at radius 2 is 2.13 bits per heavy atom. The summed E-state index contributed by atoms with van der Waals surface area (Å²) in [6.45, 7) is 7.34. The van der Waals surface area contributed by atoms with Crippen LogP contribution in [0, 0.1) is 0 Å². The molecule has 1 aliphatic heterocycles. The molecule has 0 aliphatic carbocycles. The van der Waals surface area contributed by atoms with E-state index in [4.69, 9.17) is 4.74 Å². The number of nitrogens with zero attached hydrogens (tertiary/aromatic N) is 2. The third-order valence-corrected chi connectivity index (χ3v) is 4.31. The number of amides is 1. The zero-order valence-corrected chi connectivity index (χ0v) is 14.2. The van der Waals surface area contributed by atoms with Gasteiger partial charge >= 0.3 is 0 Å². The molecule has 1 aromatic rings. The molecule has 1 N–H and O–H groups in total. The summed E-state index contributed by atoms with van der Waals surface area (Å²) in [4.78, 5) is 16.7. The van der Waals surface area contributed by atoms with Gasteiger partial charge in [-0.2, -0.15) is 0 Å². The van der Waals surface area contributed by atoms with Crippen LogP contribution in [0.15, 0.2) is 24.3 Å². The predicted molar refractivity (Wildman–Crippen MR) is 90.4 cm³/mol. The third kappa shape index (κ3) is 4.94. The second kappa shape index (κ2) is 8.89. The highest BCUT2D eigenvalue weighted by molar-refractivity contribution is 5.81. The molecular formula is C18H28N2O3. The number of rotatable bonds is 8. The fraction of sp³-hybridized carbons (Fsp3) is 0.611. The van der Waals surface area contributed by atoms with E-state index in [2.05, 4.69) is 4.90 Å². The van der Waals surface area contributed by atoms with Crippen LogP contribution in [0.1, 0.15) is 32.3 Å². The van der Waals surface area contributed by atoms with Crippen LogP contribution in [0.5, 0.6) is 5.75 Å². The number of aliphatic hydroxyl groups excluding tert-OH is 1. The minimum atomic E-state index is -0.126. The summed E-state index contributed by atoms with van der Waals surface area (Å²) in [6.07, 6.45) is 2.32. The van der Waals surface area contributed by atoms with Crippen LogP contribution in [-0.2, 0) is 11.3 Å². The van der Waals surface area contributed by atoms with Gasteiger partial charge in [0.15, 0.2) is 0 Å². The first-order valence-corrected chi connectivity index (χ1v) is 8.51. The zero-order chi connectivity index (χ0) is 16.7. The van der Waals surface area contributed by atoms with Gasteiger partial charge in [0.25, 0.3) is 0 Å². The van der Waals surface area contributed by atoms with Crippen LogP contribution in [0.25, 0.3) is 0 Å². The van der Waals surface area contributed by atoms with Crippen LogP contribution in [0.4, 0.5) is 0 Å². The van der Waals surface area contributed by atoms with Crippen molar-refractivity contribution >= 4 is 5.91 Å². The molecule has 1 heterocycles. The van der Waals surface area contributed by atoms with E-state index in [9.17, 15) is 9.90 Å². The Bertz CT molecular complexity index is 501. The van der Waals surface area contributed by atoms with E-state index in [1.54, 1.807) is 4.90 Å². The molecule has 0 unspecified atom stereocenters. The molecule has 1 atom stereocenters. The van der Waals surface area contributed by atoms with E-state index in [1.807, 2.05) is 38.1 Å². The summed E-state index contributed by atoms with van der Waals surface area (Å²) >= 11 is 0. The number of carbonyl (C=O) groups is 1. The average Bonchev–Trinajstić information content (AvgIpc) is 3.08. The summed E-state index contributed by atoms with van der Waals surface area (Å²) in [5, 5.41) is 9.32. The number of hydrogen-bond acceptors (Lipinski definition) is 4. The first-order chi connectivity index (χ1) is 11.2. The number of benzene rings is 1. The molecule has 5 nitrogen and oxygen atoms in total. The lowest BCUT2D eigenvalue weighted by Gasteiger charge is -2.30. The topological polar surface area (TPSA) is 53.0 Å². The molecule has 1 aromatic carbocycles. The summed E-state index contributed by atoms with van der Waals surface area (Å²) in [5.74, 6) is 0.900. The minimum Gasteiger partial charge on any atom is -0.494 e. The van der Waals surface area contributed by atoms with E-state index in [1.165, 1.54) is 0 Å². The quantitative estimate of drug-likeness (QED) is 0.795. The van der Waals surface area contributed by atoms with Crippen molar-refractivity contribution in [3.05, 3.63) is 29.8 Å². The average molecular weight is 320 g/mol. The Kier molecular flexibility index (Phi) is 6.86. The molecule has 5 heteroatoms. The first kappa shape index (κ1) is 17.8. The van der Waals surface area contributed by atoms with E-state index in [0.29, 0.717) is 19.7 Å². The highest BCUT2D eigenvalue weighted by Gasteiger charge is 2.27. The summed E-state index contributed by atoms with van der Waals surface area (Å²) in [6, 6.07) is 7.67. The van der Waals surface area contributed by atoms with Crippen molar-refractivity contribution in [2.75, 3.05) is 32.8 Å². The van der Waals surface area contributed by atoms with E-state index in [-0.39, 0.29) is 18.6 Å². The molecule has 0 bridgehead atoms. The van der Waals surface area contributed by atoms with Crippen LogP contribution in [-0.4, -0.2) is 59.7 Å².